The van der Waals surface area contributed by atoms with Gasteiger partial charge in [0, 0.05) is 6.92 Å². The van der Waals surface area contributed by atoms with E-state index < -0.39 is 10.0 Å². The van der Waals surface area contributed by atoms with Gasteiger partial charge in [0.15, 0.2) is 11.5 Å². The number of hydrogen-bond donors (Lipinski definition) is 1. The number of benzene rings is 1. The summed E-state index contributed by atoms with van der Waals surface area (Å²) in [5.41, 5.74) is 1.05. The minimum Gasteiger partial charge on any atom is -0.441 e. The predicted octanol–water partition coefficient (Wildman–Crippen LogP) is 0.784. The van der Waals surface area contributed by atoms with Crippen LogP contribution in [-0.4, -0.2) is 13.4 Å². The maximum Gasteiger partial charge on any atom is 0.238 e. The van der Waals surface area contributed by atoms with Crippen molar-refractivity contribution in [1.29, 1.82) is 0 Å². The van der Waals surface area contributed by atoms with Gasteiger partial charge in [0.2, 0.25) is 10.0 Å². The number of oxazole rings is 1. The Morgan fingerprint density at radius 2 is 2.14 bits per heavy atom. The summed E-state index contributed by atoms with van der Waals surface area (Å²) in [6.45, 7) is 1.69. The van der Waals surface area contributed by atoms with Crippen molar-refractivity contribution in [2.75, 3.05) is 0 Å². The number of rotatable bonds is 1. The Morgan fingerprint density at radius 1 is 1.43 bits per heavy atom. The molecule has 0 unspecified atom stereocenters. The number of primary sulfonamides is 1. The third-order valence-corrected chi connectivity index (χ3v) is 2.71. The summed E-state index contributed by atoms with van der Waals surface area (Å²) in [5.74, 6) is 0.492. The fourth-order valence-corrected chi connectivity index (χ4v) is 1.73. The van der Waals surface area contributed by atoms with Crippen molar-refractivity contribution in [3.63, 3.8) is 0 Å². The number of fused-ring (bicyclic) bond motifs is 1. The lowest BCUT2D eigenvalue weighted by molar-refractivity contribution is 0.561. The molecule has 1 aromatic carbocycles. The van der Waals surface area contributed by atoms with Crippen LogP contribution in [-0.2, 0) is 10.0 Å². The molecule has 0 saturated carbocycles. The van der Waals surface area contributed by atoms with Crippen LogP contribution >= 0.6 is 0 Å². The van der Waals surface area contributed by atoms with E-state index in [9.17, 15) is 8.42 Å². The van der Waals surface area contributed by atoms with Crippen LogP contribution in [0.2, 0.25) is 0 Å². The predicted molar refractivity (Wildman–Crippen MR) is 50.1 cm³/mol. The van der Waals surface area contributed by atoms with Gasteiger partial charge in [-0.1, -0.05) is 0 Å². The first-order chi connectivity index (χ1) is 6.47. The standard InChI is InChI=1S/C8H8N2O3S/c1-5-10-7-4-6(14(9,11)12)2-3-8(7)13-5/h2-4H,1H3,(H2,9,11,12). The van der Waals surface area contributed by atoms with Gasteiger partial charge < -0.3 is 4.42 Å². The Morgan fingerprint density at radius 3 is 2.79 bits per heavy atom. The molecule has 0 bridgehead atoms. The Balaban J connectivity index is 2.74. The number of nitrogens with zero attached hydrogens (tertiary/aromatic N) is 1. The van der Waals surface area contributed by atoms with E-state index in [0.29, 0.717) is 17.0 Å². The van der Waals surface area contributed by atoms with Crippen molar-refractivity contribution in [2.24, 2.45) is 5.14 Å². The monoisotopic (exact) mass is 212 g/mol. The summed E-state index contributed by atoms with van der Waals surface area (Å²) in [7, 11) is -3.67. The molecule has 74 valence electrons. The minimum atomic E-state index is -3.67. The fraction of sp³-hybridized carbons (Fsp3) is 0.125. The minimum absolute atomic E-state index is 0.0401. The van der Waals surface area contributed by atoms with Gasteiger partial charge in [0.1, 0.15) is 5.52 Å². The highest BCUT2D eigenvalue weighted by atomic mass is 32.2. The zero-order valence-electron chi connectivity index (χ0n) is 7.39. The zero-order chi connectivity index (χ0) is 10.3. The molecule has 0 aliphatic carbocycles. The van der Waals surface area contributed by atoms with Gasteiger partial charge in [-0.15, -0.1) is 0 Å². The van der Waals surface area contributed by atoms with Gasteiger partial charge in [-0.25, -0.2) is 18.5 Å². The summed E-state index contributed by atoms with van der Waals surface area (Å²) in [4.78, 5) is 4.04. The lowest BCUT2D eigenvalue weighted by Gasteiger charge is -1.95. The van der Waals surface area contributed by atoms with E-state index in [-0.39, 0.29) is 4.90 Å². The van der Waals surface area contributed by atoms with Crippen molar-refractivity contribution in [3.8, 4) is 0 Å². The molecular formula is C8H8N2O3S. The lowest BCUT2D eigenvalue weighted by atomic mass is 10.3. The molecule has 0 aliphatic heterocycles. The van der Waals surface area contributed by atoms with E-state index in [1.54, 1.807) is 6.92 Å². The third kappa shape index (κ3) is 1.49. The second-order valence-electron chi connectivity index (χ2n) is 2.91. The summed E-state index contributed by atoms with van der Waals surface area (Å²) in [6, 6.07) is 4.32. The highest BCUT2D eigenvalue weighted by Crippen LogP contribution is 2.18. The summed E-state index contributed by atoms with van der Waals surface area (Å²) >= 11 is 0. The molecule has 0 spiro atoms. The lowest BCUT2D eigenvalue weighted by Crippen LogP contribution is -2.11. The van der Waals surface area contributed by atoms with Crippen LogP contribution in [0.3, 0.4) is 0 Å². The third-order valence-electron chi connectivity index (χ3n) is 1.79. The van der Waals surface area contributed by atoms with E-state index in [1.165, 1.54) is 18.2 Å². The first-order valence-corrected chi connectivity index (χ1v) is 5.41. The van der Waals surface area contributed by atoms with Gasteiger partial charge in [-0.2, -0.15) is 0 Å². The molecule has 1 aromatic heterocycles. The van der Waals surface area contributed by atoms with Crippen LogP contribution in [0.15, 0.2) is 27.5 Å². The maximum absolute atomic E-state index is 11.0. The molecule has 0 saturated heterocycles. The molecule has 0 aliphatic rings. The van der Waals surface area contributed by atoms with Crippen molar-refractivity contribution in [2.45, 2.75) is 11.8 Å². The average molecular weight is 212 g/mol. The van der Waals surface area contributed by atoms with E-state index >= 15 is 0 Å². The number of nitrogens with two attached hydrogens (primary N) is 1. The van der Waals surface area contributed by atoms with E-state index in [4.69, 9.17) is 9.56 Å². The summed E-state index contributed by atoms with van der Waals surface area (Å²) in [6.07, 6.45) is 0. The van der Waals surface area contributed by atoms with E-state index in [1.807, 2.05) is 0 Å². The molecule has 14 heavy (non-hydrogen) atoms. The highest BCUT2D eigenvalue weighted by Gasteiger charge is 2.10. The molecule has 2 rings (SSSR count). The average Bonchev–Trinajstić information content (AvgIpc) is 2.41. The quantitative estimate of drug-likeness (QED) is 0.756. The number of hydrogen-bond acceptors (Lipinski definition) is 4. The largest absolute Gasteiger partial charge is 0.441 e. The van der Waals surface area contributed by atoms with Crippen molar-refractivity contribution in [3.05, 3.63) is 24.1 Å². The SMILES string of the molecule is Cc1nc2cc(S(N)(=O)=O)ccc2o1. The molecular weight excluding hydrogens is 204 g/mol. The van der Waals surface area contributed by atoms with Crippen molar-refractivity contribution < 1.29 is 12.8 Å². The zero-order valence-corrected chi connectivity index (χ0v) is 8.21. The normalized spacial score (nSPS) is 12.1. The topological polar surface area (TPSA) is 86.2 Å². The van der Waals surface area contributed by atoms with Crippen molar-refractivity contribution in [1.82, 2.24) is 4.98 Å². The summed E-state index contributed by atoms with van der Waals surface area (Å²) < 4.78 is 27.2. The molecule has 0 fully saturated rings. The second-order valence-corrected chi connectivity index (χ2v) is 4.47. The van der Waals surface area contributed by atoms with Crippen LogP contribution in [0.5, 0.6) is 0 Å². The molecule has 2 aromatic rings. The molecule has 0 amide bonds. The Labute approximate surface area is 80.6 Å². The van der Waals surface area contributed by atoms with Crippen LogP contribution < -0.4 is 5.14 Å². The van der Waals surface area contributed by atoms with Gasteiger partial charge in [-0.05, 0) is 18.2 Å². The van der Waals surface area contributed by atoms with Crippen molar-refractivity contribution >= 4 is 21.1 Å². The Hall–Kier alpha value is -1.40. The fourth-order valence-electron chi connectivity index (χ4n) is 1.20. The van der Waals surface area contributed by atoms with Gasteiger partial charge in [0.25, 0.3) is 0 Å². The van der Waals surface area contributed by atoms with Crippen LogP contribution in [0.4, 0.5) is 0 Å². The first-order valence-electron chi connectivity index (χ1n) is 3.87. The van der Waals surface area contributed by atoms with Gasteiger partial charge in [0.05, 0.1) is 4.90 Å². The first kappa shape index (κ1) is 9.17. The molecule has 0 radical (unpaired) electrons. The highest BCUT2D eigenvalue weighted by molar-refractivity contribution is 7.89. The Bertz CT molecular complexity index is 586. The molecule has 0 atom stereocenters. The van der Waals surface area contributed by atoms with Crippen LogP contribution in [0.1, 0.15) is 5.89 Å². The van der Waals surface area contributed by atoms with E-state index in [2.05, 4.69) is 4.98 Å². The molecule has 6 heteroatoms. The Kier molecular flexibility index (Phi) is 1.83. The number of aryl methyl sites for hydroxylation is 1. The molecule has 5 nitrogen and oxygen atoms in total. The van der Waals surface area contributed by atoms with Gasteiger partial charge in [-0.3, -0.25) is 0 Å². The van der Waals surface area contributed by atoms with Gasteiger partial charge >= 0.3 is 0 Å². The number of aromatic nitrogens is 1. The molecule has 2 N–H and O–H groups in total. The smallest absolute Gasteiger partial charge is 0.238 e. The van der Waals surface area contributed by atoms with E-state index in [0.717, 1.165) is 0 Å². The van der Waals surface area contributed by atoms with Crippen LogP contribution in [0.25, 0.3) is 11.1 Å². The molecule has 1 heterocycles. The maximum atomic E-state index is 11.0. The number of sulfonamides is 1. The van der Waals surface area contributed by atoms with Crippen LogP contribution in [0, 0.1) is 6.92 Å². The second kappa shape index (κ2) is 2.79. The summed E-state index contributed by atoms with van der Waals surface area (Å²) in [5, 5.41) is 4.97.